The summed E-state index contributed by atoms with van der Waals surface area (Å²) in [6.45, 7) is 2.32. The minimum Gasteiger partial charge on any atom is -0.460 e. The van der Waals surface area contributed by atoms with Crippen molar-refractivity contribution in [2.24, 2.45) is 11.7 Å². The van der Waals surface area contributed by atoms with Crippen LogP contribution >= 0.6 is 0 Å². The number of hydrogen-bond acceptors (Lipinski definition) is 8. The molecule has 0 aromatic carbocycles. The Bertz CT molecular complexity index is 1370. The number of urea groups is 1. The van der Waals surface area contributed by atoms with Crippen LogP contribution in [0.25, 0.3) is 22.0 Å². The van der Waals surface area contributed by atoms with Crippen LogP contribution in [0, 0.1) is 5.92 Å². The number of piperidine rings is 1. The van der Waals surface area contributed by atoms with Crippen molar-refractivity contribution in [3.05, 3.63) is 42.9 Å². The van der Waals surface area contributed by atoms with E-state index >= 15 is 0 Å². The molecule has 3 fully saturated rings. The highest BCUT2D eigenvalue weighted by atomic mass is 16.5. The van der Waals surface area contributed by atoms with Gasteiger partial charge < -0.3 is 25.6 Å². The molecule has 2 amide bonds. The fourth-order valence-corrected chi connectivity index (χ4v) is 6.21. The van der Waals surface area contributed by atoms with Gasteiger partial charge in [0.2, 0.25) is 0 Å². The summed E-state index contributed by atoms with van der Waals surface area (Å²) in [6, 6.07) is 8.21. The second-order valence-corrected chi connectivity index (χ2v) is 11.2. The number of primary amides is 1. The summed E-state index contributed by atoms with van der Waals surface area (Å²) < 4.78 is 5.74. The fourth-order valence-electron chi connectivity index (χ4n) is 6.21. The summed E-state index contributed by atoms with van der Waals surface area (Å²) in [7, 11) is 0. The molecule has 2 saturated heterocycles. The summed E-state index contributed by atoms with van der Waals surface area (Å²) in [6.07, 6.45) is 13.5. The molecule has 210 valence electrons. The first-order chi connectivity index (χ1) is 19.5. The lowest BCUT2D eigenvalue weighted by atomic mass is 9.95. The Hall–Kier alpha value is -3.95. The van der Waals surface area contributed by atoms with Crippen molar-refractivity contribution in [3.8, 4) is 11.3 Å². The Balaban J connectivity index is 1.16. The van der Waals surface area contributed by atoms with Crippen molar-refractivity contribution in [2.75, 3.05) is 36.4 Å². The summed E-state index contributed by atoms with van der Waals surface area (Å²) >= 11 is 0. The van der Waals surface area contributed by atoms with Gasteiger partial charge in [-0.3, -0.25) is 9.78 Å². The Kier molecular flexibility index (Phi) is 7.66. The lowest BCUT2D eigenvalue weighted by Crippen LogP contribution is -2.39. The molecule has 1 unspecified atom stereocenters. The molecule has 3 aromatic heterocycles. The highest BCUT2D eigenvalue weighted by Gasteiger charge is 2.32. The molecule has 3 N–H and O–H groups in total. The van der Waals surface area contributed by atoms with Crippen molar-refractivity contribution < 1.29 is 14.3 Å². The fraction of sp³-hybridized carbons (Fsp3) is 0.500. The molecule has 10 nitrogen and oxygen atoms in total. The molecular formula is C30H37N7O3. The van der Waals surface area contributed by atoms with Crippen LogP contribution in [-0.4, -0.2) is 70.2 Å². The van der Waals surface area contributed by atoms with Crippen LogP contribution in [0.2, 0.25) is 0 Å². The van der Waals surface area contributed by atoms with Gasteiger partial charge >= 0.3 is 12.0 Å². The van der Waals surface area contributed by atoms with Crippen LogP contribution < -0.4 is 16.0 Å². The number of nitrogens with one attached hydrogen (secondary N) is 1. The smallest absolute Gasteiger partial charge is 0.314 e. The second-order valence-electron chi connectivity index (χ2n) is 11.2. The summed E-state index contributed by atoms with van der Waals surface area (Å²) in [4.78, 5) is 42.2. The second kappa shape index (κ2) is 11.7. The summed E-state index contributed by atoms with van der Waals surface area (Å²) in [5, 5.41) is 5.70. The molecule has 0 spiro atoms. The molecule has 0 radical (unpaired) electrons. The molecule has 0 bridgehead atoms. The molecule has 1 aliphatic carbocycles. The molecule has 40 heavy (non-hydrogen) atoms. The van der Waals surface area contributed by atoms with E-state index in [1.54, 1.807) is 6.20 Å². The molecule has 3 aliphatic rings. The molecule has 5 heterocycles. The number of nitrogens with zero attached hydrogens (tertiary/aromatic N) is 5. The van der Waals surface area contributed by atoms with E-state index < -0.39 is 6.03 Å². The van der Waals surface area contributed by atoms with Crippen molar-refractivity contribution in [3.63, 3.8) is 0 Å². The molecule has 1 atom stereocenters. The Morgan fingerprint density at radius 2 is 1.80 bits per heavy atom. The number of carbonyl (C=O) groups is 2. The predicted molar refractivity (Wildman–Crippen MR) is 154 cm³/mol. The first-order valence-electron chi connectivity index (χ1n) is 14.5. The molecular weight excluding hydrogens is 506 g/mol. The number of hydrogen-bond donors (Lipinski definition) is 2. The van der Waals surface area contributed by atoms with Crippen LogP contribution in [0.5, 0.6) is 0 Å². The maximum atomic E-state index is 12.9. The normalized spacial score (nSPS) is 20.6. The number of ether oxygens (including phenoxy) is 1. The van der Waals surface area contributed by atoms with E-state index in [1.165, 1.54) is 37.0 Å². The molecule has 6 rings (SSSR count). The molecule has 10 heteroatoms. The molecule has 3 aromatic rings. The van der Waals surface area contributed by atoms with Gasteiger partial charge in [-0.05, 0) is 49.9 Å². The van der Waals surface area contributed by atoms with E-state index in [4.69, 9.17) is 15.5 Å². The van der Waals surface area contributed by atoms with Gasteiger partial charge in [-0.15, -0.1) is 0 Å². The summed E-state index contributed by atoms with van der Waals surface area (Å²) in [5.41, 5.74) is 7.26. The third kappa shape index (κ3) is 5.80. The van der Waals surface area contributed by atoms with Gasteiger partial charge in [-0.25, -0.2) is 14.8 Å². The standard InChI is InChI=1S/C30H37N7O3/c31-30(39)37-15-10-24(19-37)40-29(38)20-8-13-36(14-9-20)28-25-7-11-32-18-22(25)16-26(35-28)21-6-12-33-27(17-21)34-23-4-2-1-3-5-23/h6-7,11-12,16-18,20,23-24H,1-5,8-10,13-15,19H2,(H2,31,39)(H,33,34). The first-order valence-corrected chi connectivity index (χ1v) is 14.5. The number of carbonyl (C=O) groups excluding carboxylic acids is 2. The predicted octanol–water partition coefficient (Wildman–Crippen LogP) is 4.35. The van der Waals surface area contributed by atoms with Gasteiger partial charge in [0.25, 0.3) is 0 Å². The monoisotopic (exact) mass is 543 g/mol. The van der Waals surface area contributed by atoms with Gasteiger partial charge in [0, 0.05) is 67.0 Å². The van der Waals surface area contributed by atoms with Gasteiger partial charge in [0.05, 0.1) is 18.2 Å². The number of fused-ring (bicyclic) bond motifs is 1. The van der Waals surface area contributed by atoms with Crippen molar-refractivity contribution in [2.45, 2.75) is 63.5 Å². The highest BCUT2D eigenvalue weighted by molar-refractivity contribution is 5.94. The number of nitrogens with two attached hydrogens (primary N) is 1. The van der Waals surface area contributed by atoms with Crippen molar-refractivity contribution in [1.29, 1.82) is 0 Å². The van der Waals surface area contributed by atoms with E-state index in [9.17, 15) is 9.59 Å². The summed E-state index contributed by atoms with van der Waals surface area (Å²) in [5.74, 6) is 1.46. The number of aromatic nitrogens is 3. The molecule has 1 saturated carbocycles. The van der Waals surface area contributed by atoms with Crippen LogP contribution in [0.15, 0.2) is 42.9 Å². The van der Waals surface area contributed by atoms with Gasteiger partial charge in [0.1, 0.15) is 17.7 Å². The zero-order valence-electron chi connectivity index (χ0n) is 22.8. The van der Waals surface area contributed by atoms with E-state index in [0.717, 1.165) is 33.7 Å². The number of rotatable bonds is 6. The van der Waals surface area contributed by atoms with Crippen LogP contribution in [0.3, 0.4) is 0 Å². The first kappa shape index (κ1) is 26.3. The lowest BCUT2D eigenvalue weighted by molar-refractivity contribution is -0.154. The number of amides is 2. The minimum absolute atomic E-state index is 0.163. The van der Waals surface area contributed by atoms with Gasteiger partial charge in [-0.1, -0.05) is 19.3 Å². The van der Waals surface area contributed by atoms with Crippen LogP contribution in [0.1, 0.15) is 51.4 Å². The maximum Gasteiger partial charge on any atom is 0.314 e. The number of esters is 1. The minimum atomic E-state index is -0.465. The topological polar surface area (TPSA) is 127 Å². The Morgan fingerprint density at radius 1 is 0.975 bits per heavy atom. The van der Waals surface area contributed by atoms with Crippen LogP contribution in [-0.2, 0) is 9.53 Å². The average Bonchev–Trinajstić information content (AvgIpc) is 3.46. The largest absolute Gasteiger partial charge is 0.460 e. The third-order valence-corrected chi connectivity index (χ3v) is 8.49. The number of anilines is 2. The van der Waals surface area contributed by atoms with Gasteiger partial charge in [-0.2, -0.15) is 0 Å². The van der Waals surface area contributed by atoms with Crippen molar-refractivity contribution in [1.82, 2.24) is 19.9 Å². The Labute approximate surface area is 234 Å². The van der Waals surface area contributed by atoms with Crippen molar-refractivity contribution >= 4 is 34.4 Å². The zero-order valence-corrected chi connectivity index (χ0v) is 22.8. The number of pyridine rings is 3. The highest BCUT2D eigenvalue weighted by Crippen LogP contribution is 2.33. The van der Waals surface area contributed by atoms with Crippen LogP contribution in [0.4, 0.5) is 16.4 Å². The van der Waals surface area contributed by atoms with E-state index in [1.807, 2.05) is 24.5 Å². The number of likely N-dealkylation sites (tertiary alicyclic amines) is 1. The SMILES string of the molecule is NC(=O)N1CCC(OC(=O)C2CCN(c3nc(-c4ccnc(NC5CCCCC5)c4)cc4cnccc34)CC2)C1. The van der Waals surface area contributed by atoms with E-state index in [0.29, 0.717) is 51.5 Å². The average molecular weight is 544 g/mol. The Morgan fingerprint density at radius 3 is 2.58 bits per heavy atom. The molecule has 2 aliphatic heterocycles. The van der Waals surface area contributed by atoms with Gasteiger partial charge in [0.15, 0.2) is 0 Å². The quantitative estimate of drug-likeness (QED) is 0.440. The third-order valence-electron chi connectivity index (χ3n) is 8.49. The maximum absolute atomic E-state index is 12.9. The zero-order chi connectivity index (χ0) is 27.5. The van der Waals surface area contributed by atoms with E-state index in [-0.39, 0.29) is 18.0 Å². The lowest BCUT2D eigenvalue weighted by Gasteiger charge is -2.33. The van der Waals surface area contributed by atoms with E-state index in [2.05, 4.69) is 32.3 Å².